The largest absolute Gasteiger partial charge is 0.457 e. The van der Waals surface area contributed by atoms with E-state index in [1.165, 1.54) is 6.92 Å². The Morgan fingerprint density at radius 1 is 1.15 bits per heavy atom. The number of aryl methyl sites for hydroxylation is 2. The number of nitrogens with zero attached hydrogens (tertiary/aromatic N) is 2. The Morgan fingerprint density at radius 2 is 1.85 bits per heavy atom. The molecule has 2 N–H and O–H groups in total. The minimum absolute atomic E-state index is 0.279. The number of hydrogen-bond acceptors (Lipinski definition) is 7. The second-order valence-corrected chi connectivity index (χ2v) is 8.01. The molecule has 3 atom stereocenters. The number of fused-ring (bicyclic) bond motifs is 3. The Kier molecular flexibility index (Phi) is 8.43. The van der Waals surface area contributed by atoms with Gasteiger partial charge in [-0.3, -0.25) is 4.79 Å². The third-order valence-electron chi connectivity index (χ3n) is 5.58. The molecule has 4 rings (SSSR count). The van der Waals surface area contributed by atoms with Gasteiger partial charge in [0.15, 0.2) is 11.8 Å². The summed E-state index contributed by atoms with van der Waals surface area (Å²) in [6.45, 7) is 6.31. The molecule has 0 saturated heterocycles. The van der Waals surface area contributed by atoms with Gasteiger partial charge < -0.3 is 29.2 Å². The summed E-state index contributed by atoms with van der Waals surface area (Å²) in [6, 6.07) is 11.7. The SMILES string of the molecule is CNC.COCCO[C@@H]1c2ccn3c(C)c(C)nc3c2N[C@H](c2ccccc2)[C@H]1OC(C)=O. The number of anilines is 1. The van der Waals surface area contributed by atoms with Crippen molar-refractivity contribution in [3.8, 4) is 0 Å². The number of esters is 1. The third kappa shape index (κ3) is 5.35. The van der Waals surface area contributed by atoms with Gasteiger partial charge in [-0.1, -0.05) is 30.3 Å². The fraction of sp³-hybridized carbons (Fsp3) is 0.440. The predicted molar refractivity (Wildman–Crippen MR) is 129 cm³/mol. The van der Waals surface area contributed by atoms with Gasteiger partial charge in [-0.05, 0) is 39.6 Å². The molecule has 0 saturated carbocycles. The minimum atomic E-state index is -0.533. The van der Waals surface area contributed by atoms with E-state index < -0.39 is 12.2 Å². The van der Waals surface area contributed by atoms with Crippen LogP contribution in [-0.4, -0.2) is 55.9 Å². The van der Waals surface area contributed by atoms with Crippen LogP contribution in [-0.2, 0) is 19.0 Å². The molecule has 0 radical (unpaired) electrons. The summed E-state index contributed by atoms with van der Waals surface area (Å²) in [6.07, 6.45) is 1.01. The van der Waals surface area contributed by atoms with E-state index in [2.05, 4.69) is 15.0 Å². The Bertz CT molecular complexity index is 1070. The van der Waals surface area contributed by atoms with Crippen LogP contribution in [0.5, 0.6) is 0 Å². The smallest absolute Gasteiger partial charge is 0.303 e. The summed E-state index contributed by atoms with van der Waals surface area (Å²) in [7, 11) is 5.38. The van der Waals surface area contributed by atoms with Crippen molar-refractivity contribution in [1.29, 1.82) is 0 Å². The number of methoxy groups -OCH3 is 1. The number of nitrogens with one attached hydrogen (secondary N) is 2. The first kappa shape index (κ1) is 24.7. The summed E-state index contributed by atoms with van der Waals surface area (Å²) in [5.41, 5.74) is 5.72. The first-order valence-electron chi connectivity index (χ1n) is 11.1. The lowest BCUT2D eigenvalue weighted by Gasteiger charge is -2.40. The number of rotatable bonds is 6. The topological polar surface area (TPSA) is 86.1 Å². The molecule has 0 fully saturated rings. The van der Waals surface area contributed by atoms with Gasteiger partial charge in [0.25, 0.3) is 0 Å². The number of aromatic nitrogens is 2. The molecule has 3 aromatic rings. The van der Waals surface area contributed by atoms with Crippen LogP contribution in [0.1, 0.15) is 41.6 Å². The van der Waals surface area contributed by atoms with Crippen LogP contribution >= 0.6 is 0 Å². The van der Waals surface area contributed by atoms with Gasteiger partial charge in [0.2, 0.25) is 0 Å². The van der Waals surface area contributed by atoms with E-state index in [0.717, 1.165) is 33.8 Å². The number of pyridine rings is 1. The highest BCUT2D eigenvalue weighted by atomic mass is 16.6. The lowest BCUT2D eigenvalue weighted by molar-refractivity contribution is -0.158. The molecule has 0 bridgehead atoms. The van der Waals surface area contributed by atoms with Gasteiger partial charge in [0.1, 0.15) is 6.10 Å². The van der Waals surface area contributed by atoms with Crippen molar-refractivity contribution in [2.45, 2.75) is 39.0 Å². The van der Waals surface area contributed by atoms with E-state index in [0.29, 0.717) is 13.2 Å². The Hall–Kier alpha value is -2.94. The van der Waals surface area contributed by atoms with Gasteiger partial charge in [0, 0.05) is 31.5 Å². The second-order valence-electron chi connectivity index (χ2n) is 8.01. The standard InChI is InChI=1S/C23H27N3O4.C2H7N/c1-14-15(2)26-11-10-18-20(23(26)24-14)25-19(17-8-6-5-7-9-17)22(30-16(3)27)21(18)29-13-12-28-4;1-3-2/h5-11,19,21-22,25H,12-13H2,1-4H3;3H,1-2H3/t19-,21-,22-;/m1./s1. The molecule has 2 aromatic heterocycles. The maximum Gasteiger partial charge on any atom is 0.303 e. The molecule has 0 unspecified atom stereocenters. The summed E-state index contributed by atoms with van der Waals surface area (Å²) < 4.78 is 19.3. The van der Waals surface area contributed by atoms with Crippen molar-refractivity contribution in [3.63, 3.8) is 0 Å². The third-order valence-corrected chi connectivity index (χ3v) is 5.58. The fourth-order valence-electron chi connectivity index (χ4n) is 4.03. The van der Waals surface area contributed by atoms with Crippen LogP contribution in [0.25, 0.3) is 5.65 Å². The van der Waals surface area contributed by atoms with Gasteiger partial charge in [0.05, 0.1) is 30.6 Å². The average Bonchev–Trinajstić information content (AvgIpc) is 3.09. The number of carbonyl (C=O) groups is 1. The van der Waals surface area contributed by atoms with Gasteiger partial charge in [-0.15, -0.1) is 0 Å². The van der Waals surface area contributed by atoms with E-state index in [1.54, 1.807) is 7.11 Å². The minimum Gasteiger partial charge on any atom is -0.457 e. The molecule has 3 heterocycles. The molecular weight excluding hydrogens is 420 g/mol. The number of benzene rings is 1. The van der Waals surface area contributed by atoms with E-state index in [4.69, 9.17) is 19.2 Å². The molecule has 1 aromatic carbocycles. The summed E-state index contributed by atoms with van der Waals surface area (Å²) >= 11 is 0. The van der Waals surface area contributed by atoms with Crippen molar-refractivity contribution in [2.24, 2.45) is 0 Å². The normalized spacial score (nSPS) is 19.3. The van der Waals surface area contributed by atoms with E-state index in [9.17, 15) is 4.79 Å². The van der Waals surface area contributed by atoms with Gasteiger partial charge in [-0.2, -0.15) is 0 Å². The molecule has 0 amide bonds. The Balaban J connectivity index is 0.000000968. The highest BCUT2D eigenvalue weighted by Gasteiger charge is 2.41. The first-order valence-corrected chi connectivity index (χ1v) is 11.1. The Morgan fingerprint density at radius 3 is 2.48 bits per heavy atom. The highest BCUT2D eigenvalue weighted by molar-refractivity contribution is 5.76. The molecule has 178 valence electrons. The molecule has 1 aliphatic heterocycles. The quantitative estimate of drug-likeness (QED) is 0.435. The lowest BCUT2D eigenvalue weighted by Crippen LogP contribution is -2.41. The van der Waals surface area contributed by atoms with E-state index in [-0.39, 0.29) is 12.0 Å². The molecule has 1 aliphatic rings. The second kappa shape index (κ2) is 11.3. The Labute approximate surface area is 195 Å². The molecule has 33 heavy (non-hydrogen) atoms. The van der Waals surface area contributed by atoms with Gasteiger partial charge >= 0.3 is 5.97 Å². The summed E-state index contributed by atoms with van der Waals surface area (Å²) in [4.78, 5) is 16.8. The summed E-state index contributed by atoms with van der Waals surface area (Å²) in [5, 5.41) is 6.35. The van der Waals surface area contributed by atoms with Crippen LogP contribution < -0.4 is 10.6 Å². The van der Waals surface area contributed by atoms with E-state index in [1.807, 2.05) is 70.5 Å². The molecule has 0 aliphatic carbocycles. The van der Waals surface area contributed by atoms with Crippen molar-refractivity contribution in [1.82, 2.24) is 14.7 Å². The van der Waals surface area contributed by atoms with Crippen LogP contribution in [0.2, 0.25) is 0 Å². The highest BCUT2D eigenvalue weighted by Crippen LogP contribution is 2.44. The molecular formula is C25H34N4O4. The number of hydrogen-bond donors (Lipinski definition) is 2. The van der Waals surface area contributed by atoms with Crippen LogP contribution in [0.3, 0.4) is 0 Å². The molecule has 8 heteroatoms. The zero-order valence-corrected chi connectivity index (χ0v) is 20.2. The molecule has 0 spiro atoms. The first-order chi connectivity index (χ1) is 15.9. The number of imidazole rings is 1. The maximum atomic E-state index is 12.0. The zero-order chi connectivity index (χ0) is 24.0. The number of ether oxygens (including phenoxy) is 3. The predicted octanol–water partition coefficient (Wildman–Crippen LogP) is 3.59. The van der Waals surface area contributed by atoms with Crippen molar-refractivity contribution >= 4 is 17.3 Å². The summed E-state index contributed by atoms with van der Waals surface area (Å²) in [5.74, 6) is -0.347. The average molecular weight is 455 g/mol. The van der Waals surface area contributed by atoms with Crippen molar-refractivity contribution in [3.05, 3.63) is 65.1 Å². The molecule has 8 nitrogen and oxygen atoms in total. The van der Waals surface area contributed by atoms with Crippen molar-refractivity contribution < 1.29 is 19.0 Å². The lowest BCUT2D eigenvalue weighted by atomic mass is 9.88. The number of carbonyl (C=O) groups excluding carboxylic acids is 1. The van der Waals surface area contributed by atoms with Crippen LogP contribution in [0, 0.1) is 13.8 Å². The van der Waals surface area contributed by atoms with E-state index >= 15 is 0 Å². The zero-order valence-electron chi connectivity index (χ0n) is 20.2. The van der Waals surface area contributed by atoms with Crippen LogP contribution in [0.4, 0.5) is 5.69 Å². The fourth-order valence-corrected chi connectivity index (χ4v) is 4.03. The van der Waals surface area contributed by atoms with Crippen LogP contribution in [0.15, 0.2) is 42.6 Å². The monoisotopic (exact) mass is 454 g/mol. The van der Waals surface area contributed by atoms with Crippen molar-refractivity contribution in [2.75, 3.05) is 39.7 Å². The van der Waals surface area contributed by atoms with Gasteiger partial charge in [-0.25, -0.2) is 4.98 Å². The maximum absolute atomic E-state index is 12.0.